The maximum absolute atomic E-state index is 13.7. The van der Waals surface area contributed by atoms with E-state index in [-0.39, 0.29) is 27.7 Å². The minimum atomic E-state index is -4.50. The molecule has 0 bridgehead atoms. The lowest BCUT2D eigenvalue weighted by Crippen LogP contribution is -2.08. The highest BCUT2D eigenvalue weighted by atomic mass is 35.5. The van der Waals surface area contributed by atoms with Crippen LogP contribution in [0.1, 0.15) is 30.0 Å². The number of aromatic nitrogens is 3. The number of alkyl halides is 3. The van der Waals surface area contributed by atoms with Gasteiger partial charge in [0.15, 0.2) is 5.65 Å². The van der Waals surface area contributed by atoms with E-state index in [1.807, 2.05) is 0 Å². The van der Waals surface area contributed by atoms with Crippen molar-refractivity contribution in [3.63, 3.8) is 0 Å². The van der Waals surface area contributed by atoms with Crippen LogP contribution in [0.25, 0.3) is 22.3 Å². The zero-order chi connectivity index (χ0) is 17.9. The quantitative estimate of drug-likeness (QED) is 0.554. The molecule has 25 heavy (non-hydrogen) atoms. The van der Waals surface area contributed by atoms with Crippen LogP contribution >= 0.6 is 23.2 Å². The number of aryl methyl sites for hydroxylation is 1. The largest absolute Gasteiger partial charge is 0.417 e. The third kappa shape index (κ3) is 2.87. The second-order valence-electron chi connectivity index (χ2n) is 6.16. The van der Waals surface area contributed by atoms with E-state index in [1.165, 1.54) is 16.8 Å². The third-order valence-corrected chi connectivity index (χ3v) is 5.04. The lowest BCUT2D eigenvalue weighted by molar-refractivity contribution is -0.136. The number of rotatable bonds is 2. The Bertz CT molecular complexity index is 991. The second kappa shape index (κ2) is 5.61. The summed E-state index contributed by atoms with van der Waals surface area (Å²) < 4.78 is 42.6. The van der Waals surface area contributed by atoms with Gasteiger partial charge in [0.1, 0.15) is 0 Å². The monoisotopic (exact) mass is 385 g/mol. The SMILES string of the molecule is Cn1nc(C2CC2)c2c(C(F)(F)F)cc(-c3ccc(Cl)c(Cl)c3)nc21. The highest BCUT2D eigenvalue weighted by Crippen LogP contribution is 2.46. The molecule has 2 aromatic heterocycles. The first-order valence-electron chi connectivity index (χ1n) is 7.66. The van der Waals surface area contributed by atoms with Gasteiger partial charge in [0, 0.05) is 18.5 Å². The number of halogens is 5. The van der Waals surface area contributed by atoms with Crippen molar-refractivity contribution in [2.75, 3.05) is 0 Å². The summed E-state index contributed by atoms with van der Waals surface area (Å²) in [4.78, 5) is 4.42. The Kier molecular flexibility index (Phi) is 3.74. The van der Waals surface area contributed by atoms with Gasteiger partial charge in [-0.05, 0) is 31.0 Å². The van der Waals surface area contributed by atoms with Crippen LogP contribution in [-0.4, -0.2) is 14.8 Å². The molecule has 2 heterocycles. The fourth-order valence-electron chi connectivity index (χ4n) is 2.95. The number of hydrogen-bond donors (Lipinski definition) is 0. The molecular formula is C17H12Cl2F3N3. The molecule has 8 heteroatoms. The average Bonchev–Trinajstić information content (AvgIpc) is 3.33. The summed E-state index contributed by atoms with van der Waals surface area (Å²) in [5.41, 5.74) is 0.643. The van der Waals surface area contributed by atoms with Crippen LogP contribution in [0.15, 0.2) is 24.3 Å². The van der Waals surface area contributed by atoms with Crippen molar-refractivity contribution in [3.8, 4) is 11.3 Å². The van der Waals surface area contributed by atoms with Gasteiger partial charge in [-0.1, -0.05) is 29.3 Å². The molecule has 1 aliphatic carbocycles. The van der Waals surface area contributed by atoms with Gasteiger partial charge in [-0.2, -0.15) is 18.3 Å². The standard InChI is InChI=1S/C17H12Cl2F3N3/c1-25-16-14(15(24-25)8-2-3-8)10(17(20,21)22)7-13(23-16)9-4-5-11(18)12(19)6-9/h4-8H,2-3H2,1H3. The van der Waals surface area contributed by atoms with Gasteiger partial charge in [-0.15, -0.1) is 0 Å². The van der Waals surface area contributed by atoms with Gasteiger partial charge in [0.25, 0.3) is 0 Å². The molecule has 4 rings (SSSR count). The lowest BCUT2D eigenvalue weighted by atomic mass is 10.0. The molecule has 3 nitrogen and oxygen atoms in total. The fraction of sp³-hybridized carbons (Fsp3) is 0.294. The molecular weight excluding hydrogens is 374 g/mol. The van der Waals surface area contributed by atoms with Crippen molar-refractivity contribution in [2.45, 2.75) is 24.9 Å². The number of benzene rings is 1. The predicted octanol–water partition coefficient (Wildman–Crippen LogP) is 5.84. The van der Waals surface area contributed by atoms with Crippen LogP contribution in [0.5, 0.6) is 0 Å². The van der Waals surface area contributed by atoms with E-state index in [9.17, 15) is 13.2 Å². The molecule has 0 atom stereocenters. The van der Waals surface area contributed by atoms with Crippen molar-refractivity contribution < 1.29 is 13.2 Å². The number of hydrogen-bond acceptors (Lipinski definition) is 2. The van der Waals surface area contributed by atoms with Crippen molar-refractivity contribution in [1.29, 1.82) is 0 Å². The number of pyridine rings is 1. The van der Waals surface area contributed by atoms with Gasteiger partial charge in [0.05, 0.1) is 32.4 Å². The van der Waals surface area contributed by atoms with Crippen LogP contribution in [0.3, 0.4) is 0 Å². The smallest absolute Gasteiger partial charge is 0.250 e. The lowest BCUT2D eigenvalue weighted by Gasteiger charge is -2.12. The molecule has 1 saturated carbocycles. The van der Waals surface area contributed by atoms with E-state index in [2.05, 4.69) is 10.1 Å². The van der Waals surface area contributed by atoms with Gasteiger partial charge in [-0.25, -0.2) is 4.98 Å². The minimum absolute atomic E-state index is 0.0856. The Hall–Kier alpha value is -1.79. The van der Waals surface area contributed by atoms with Gasteiger partial charge < -0.3 is 0 Å². The van der Waals surface area contributed by atoms with E-state index in [0.29, 0.717) is 16.3 Å². The van der Waals surface area contributed by atoms with Crippen LogP contribution in [0, 0.1) is 0 Å². The van der Waals surface area contributed by atoms with Gasteiger partial charge in [0.2, 0.25) is 0 Å². The molecule has 0 amide bonds. The Labute approximate surface area is 151 Å². The maximum Gasteiger partial charge on any atom is 0.417 e. The predicted molar refractivity (Wildman–Crippen MR) is 90.9 cm³/mol. The normalized spacial score (nSPS) is 15.1. The molecule has 1 aromatic carbocycles. The van der Waals surface area contributed by atoms with E-state index in [4.69, 9.17) is 23.2 Å². The zero-order valence-corrected chi connectivity index (χ0v) is 14.5. The molecule has 1 aliphatic rings. The molecule has 0 unspecified atom stereocenters. The number of nitrogens with zero attached hydrogens (tertiary/aromatic N) is 3. The fourth-order valence-corrected chi connectivity index (χ4v) is 3.24. The summed E-state index contributed by atoms with van der Waals surface area (Å²) >= 11 is 11.9. The summed E-state index contributed by atoms with van der Waals surface area (Å²) in [6, 6.07) is 5.71. The third-order valence-electron chi connectivity index (χ3n) is 4.31. The first-order chi connectivity index (χ1) is 11.8. The van der Waals surface area contributed by atoms with Crippen LogP contribution in [0.2, 0.25) is 10.0 Å². The topological polar surface area (TPSA) is 30.7 Å². The molecule has 0 aliphatic heterocycles. The molecule has 0 radical (unpaired) electrons. The molecule has 0 spiro atoms. The molecule has 130 valence electrons. The Balaban J connectivity index is 2.01. The van der Waals surface area contributed by atoms with E-state index >= 15 is 0 Å². The molecule has 1 fully saturated rings. The van der Waals surface area contributed by atoms with Crippen molar-refractivity contribution >= 4 is 34.2 Å². The summed E-state index contributed by atoms with van der Waals surface area (Å²) in [5.74, 6) is 0.0856. The molecule has 0 N–H and O–H groups in total. The second-order valence-corrected chi connectivity index (χ2v) is 6.98. The van der Waals surface area contributed by atoms with Gasteiger partial charge >= 0.3 is 6.18 Å². The van der Waals surface area contributed by atoms with Crippen molar-refractivity contribution in [1.82, 2.24) is 14.8 Å². The Morgan fingerprint density at radius 3 is 2.44 bits per heavy atom. The maximum atomic E-state index is 13.7. The summed E-state index contributed by atoms with van der Waals surface area (Å²) in [6.07, 6.45) is -2.78. The van der Waals surface area contributed by atoms with E-state index in [0.717, 1.165) is 18.9 Å². The van der Waals surface area contributed by atoms with Crippen LogP contribution < -0.4 is 0 Å². The zero-order valence-electron chi connectivity index (χ0n) is 13.0. The average molecular weight is 386 g/mol. The minimum Gasteiger partial charge on any atom is -0.250 e. The van der Waals surface area contributed by atoms with Crippen molar-refractivity contribution in [2.24, 2.45) is 7.05 Å². The molecule has 3 aromatic rings. The highest BCUT2D eigenvalue weighted by Gasteiger charge is 2.39. The summed E-state index contributed by atoms with van der Waals surface area (Å²) in [6.45, 7) is 0. The van der Waals surface area contributed by atoms with Gasteiger partial charge in [-0.3, -0.25) is 4.68 Å². The first-order valence-corrected chi connectivity index (χ1v) is 8.41. The summed E-state index contributed by atoms with van der Waals surface area (Å²) in [7, 11) is 1.61. The van der Waals surface area contributed by atoms with Crippen LogP contribution in [0.4, 0.5) is 13.2 Å². The number of fused-ring (bicyclic) bond motifs is 1. The van der Waals surface area contributed by atoms with E-state index < -0.39 is 11.7 Å². The van der Waals surface area contributed by atoms with Crippen molar-refractivity contribution in [3.05, 3.63) is 45.6 Å². The Morgan fingerprint density at radius 2 is 1.84 bits per heavy atom. The first kappa shape index (κ1) is 16.7. The summed E-state index contributed by atoms with van der Waals surface area (Å²) in [5, 5.41) is 4.99. The van der Waals surface area contributed by atoms with Crippen LogP contribution in [-0.2, 0) is 13.2 Å². The Morgan fingerprint density at radius 1 is 1.12 bits per heavy atom. The highest BCUT2D eigenvalue weighted by molar-refractivity contribution is 6.42. The van der Waals surface area contributed by atoms with E-state index in [1.54, 1.807) is 13.1 Å². The molecule has 0 saturated heterocycles.